The number of amides is 1. The monoisotopic (exact) mass is 230 g/mol. The van der Waals surface area contributed by atoms with Crippen molar-refractivity contribution in [1.82, 2.24) is 10.3 Å². The molecule has 0 aromatic carbocycles. The Morgan fingerprint density at radius 1 is 1.67 bits per heavy atom. The molecule has 0 aliphatic carbocycles. The largest absolute Gasteiger partial charge is 0.396 e. The molecule has 0 bridgehead atoms. The number of nitrogens with two attached hydrogens (primary N) is 1. The van der Waals surface area contributed by atoms with E-state index in [-0.39, 0.29) is 18.3 Å². The van der Waals surface area contributed by atoms with Gasteiger partial charge in [0.25, 0.3) is 5.91 Å². The van der Waals surface area contributed by atoms with Crippen LogP contribution in [0.3, 0.4) is 0 Å². The Labute approximate surface area is 91.5 Å². The summed E-state index contributed by atoms with van der Waals surface area (Å²) >= 11 is 1.20. The Morgan fingerprint density at radius 2 is 2.40 bits per heavy atom. The highest BCUT2D eigenvalue weighted by Gasteiger charge is 2.14. The van der Waals surface area contributed by atoms with Crippen molar-refractivity contribution >= 4 is 28.2 Å². The lowest BCUT2D eigenvalue weighted by Crippen LogP contribution is -2.24. The molecule has 5 N–H and O–H groups in total. The summed E-state index contributed by atoms with van der Waals surface area (Å²) in [5.41, 5.74) is 5.57. The van der Waals surface area contributed by atoms with Crippen molar-refractivity contribution in [2.75, 3.05) is 31.2 Å². The zero-order valence-corrected chi connectivity index (χ0v) is 9.23. The van der Waals surface area contributed by atoms with Crippen LogP contribution in [0.15, 0.2) is 0 Å². The van der Waals surface area contributed by atoms with Gasteiger partial charge in [0.15, 0.2) is 5.13 Å². The van der Waals surface area contributed by atoms with E-state index in [0.29, 0.717) is 23.0 Å². The summed E-state index contributed by atoms with van der Waals surface area (Å²) in [6, 6.07) is 0. The van der Waals surface area contributed by atoms with Gasteiger partial charge in [-0.25, -0.2) is 4.98 Å². The molecule has 6 nitrogen and oxygen atoms in total. The molecule has 7 heteroatoms. The molecule has 0 atom stereocenters. The summed E-state index contributed by atoms with van der Waals surface area (Å²) in [7, 11) is 1.71. The molecule has 0 saturated heterocycles. The van der Waals surface area contributed by atoms with Gasteiger partial charge in [0, 0.05) is 20.2 Å². The zero-order valence-electron chi connectivity index (χ0n) is 8.41. The molecule has 1 heterocycles. The second-order valence-corrected chi connectivity index (χ2v) is 3.82. The molecule has 0 aliphatic heterocycles. The summed E-state index contributed by atoms with van der Waals surface area (Å²) in [6.45, 7) is 0.488. The van der Waals surface area contributed by atoms with E-state index in [1.54, 1.807) is 7.05 Å². The number of nitrogens with one attached hydrogen (secondary N) is 2. The first kappa shape index (κ1) is 11.7. The predicted octanol–water partition coefficient (Wildman–Crippen LogP) is -0.121. The topological polar surface area (TPSA) is 100 Å². The van der Waals surface area contributed by atoms with Crippen LogP contribution >= 0.6 is 11.3 Å². The van der Waals surface area contributed by atoms with Crippen molar-refractivity contribution in [3.05, 3.63) is 4.88 Å². The lowest BCUT2D eigenvalue weighted by molar-refractivity contribution is 0.0956. The first-order valence-corrected chi connectivity index (χ1v) is 5.33. The average molecular weight is 230 g/mol. The van der Waals surface area contributed by atoms with Gasteiger partial charge in [-0.05, 0) is 6.42 Å². The number of aliphatic hydroxyl groups is 1. The molecule has 0 unspecified atom stereocenters. The number of anilines is 2. The number of nitrogen functional groups attached to an aromatic ring is 1. The number of rotatable bonds is 5. The van der Waals surface area contributed by atoms with Crippen LogP contribution in [0.2, 0.25) is 0 Å². The lowest BCUT2D eigenvalue weighted by Gasteiger charge is -2.01. The Hall–Kier alpha value is -1.34. The van der Waals surface area contributed by atoms with Crippen LogP contribution in [-0.4, -0.2) is 36.2 Å². The third-order valence-electron chi connectivity index (χ3n) is 1.69. The van der Waals surface area contributed by atoms with Crippen LogP contribution in [0.25, 0.3) is 0 Å². The normalized spacial score (nSPS) is 10.0. The molecule has 15 heavy (non-hydrogen) atoms. The number of carbonyl (C=O) groups excluding carboxylic acids is 1. The van der Waals surface area contributed by atoms with Crippen LogP contribution in [0.4, 0.5) is 10.9 Å². The molecule has 0 saturated carbocycles. The Morgan fingerprint density at radius 3 is 2.93 bits per heavy atom. The summed E-state index contributed by atoms with van der Waals surface area (Å²) in [6.07, 6.45) is 0.531. The Balaban J connectivity index is 2.60. The van der Waals surface area contributed by atoms with Crippen molar-refractivity contribution < 1.29 is 9.90 Å². The van der Waals surface area contributed by atoms with Crippen molar-refractivity contribution in [1.29, 1.82) is 0 Å². The van der Waals surface area contributed by atoms with Crippen LogP contribution in [0.5, 0.6) is 0 Å². The number of thiazole rings is 1. The second-order valence-electron chi connectivity index (χ2n) is 2.82. The molecular weight excluding hydrogens is 216 g/mol. The SMILES string of the molecule is CNc1nc(N)c(C(=O)NCCCO)s1. The van der Waals surface area contributed by atoms with Gasteiger partial charge in [-0.2, -0.15) is 0 Å². The molecule has 0 radical (unpaired) electrons. The number of aromatic nitrogens is 1. The van der Waals surface area contributed by atoms with Gasteiger partial charge in [-0.15, -0.1) is 0 Å². The minimum atomic E-state index is -0.250. The fourth-order valence-corrected chi connectivity index (χ4v) is 1.72. The van der Waals surface area contributed by atoms with E-state index in [4.69, 9.17) is 10.8 Å². The molecule has 1 amide bonds. The standard InChI is InChI=1S/C8H14N4O2S/c1-10-8-12-6(9)5(15-8)7(14)11-3-2-4-13/h13H,2-4,9H2,1H3,(H,10,12)(H,11,14). The van der Waals surface area contributed by atoms with Crippen LogP contribution in [-0.2, 0) is 0 Å². The van der Waals surface area contributed by atoms with Gasteiger partial charge in [0.2, 0.25) is 0 Å². The van der Waals surface area contributed by atoms with Crippen molar-refractivity contribution in [2.24, 2.45) is 0 Å². The third-order valence-corrected chi connectivity index (χ3v) is 2.78. The lowest BCUT2D eigenvalue weighted by atomic mass is 10.4. The maximum Gasteiger partial charge on any atom is 0.265 e. The van der Waals surface area contributed by atoms with Crippen LogP contribution < -0.4 is 16.4 Å². The van der Waals surface area contributed by atoms with Crippen molar-refractivity contribution in [2.45, 2.75) is 6.42 Å². The Kier molecular flexibility index (Phi) is 4.32. The van der Waals surface area contributed by atoms with Crippen molar-refractivity contribution in [3.63, 3.8) is 0 Å². The van der Waals surface area contributed by atoms with E-state index in [0.717, 1.165) is 0 Å². The van der Waals surface area contributed by atoms with Crippen molar-refractivity contribution in [3.8, 4) is 0 Å². The van der Waals surface area contributed by atoms with E-state index in [1.165, 1.54) is 11.3 Å². The van der Waals surface area contributed by atoms with Crippen LogP contribution in [0.1, 0.15) is 16.1 Å². The van der Waals surface area contributed by atoms with E-state index in [1.807, 2.05) is 0 Å². The van der Waals surface area contributed by atoms with Gasteiger partial charge in [-0.1, -0.05) is 11.3 Å². The Bertz CT molecular complexity index is 339. The third kappa shape index (κ3) is 3.07. The smallest absolute Gasteiger partial charge is 0.265 e. The highest BCUT2D eigenvalue weighted by atomic mass is 32.1. The van der Waals surface area contributed by atoms with E-state index >= 15 is 0 Å². The number of hydrogen-bond acceptors (Lipinski definition) is 6. The van der Waals surface area contributed by atoms with Crippen LogP contribution in [0, 0.1) is 0 Å². The van der Waals surface area contributed by atoms with Gasteiger partial charge in [0.1, 0.15) is 10.7 Å². The summed E-state index contributed by atoms with van der Waals surface area (Å²) in [5, 5.41) is 14.6. The maximum atomic E-state index is 11.5. The summed E-state index contributed by atoms with van der Waals surface area (Å²) in [4.78, 5) is 15.9. The first-order chi connectivity index (χ1) is 7.19. The minimum Gasteiger partial charge on any atom is -0.396 e. The fraction of sp³-hybridized carbons (Fsp3) is 0.500. The summed E-state index contributed by atoms with van der Waals surface area (Å²) in [5.74, 6) is -0.0224. The number of hydrogen-bond donors (Lipinski definition) is 4. The number of aliphatic hydroxyl groups excluding tert-OH is 1. The zero-order chi connectivity index (χ0) is 11.3. The average Bonchev–Trinajstić information content (AvgIpc) is 2.60. The highest BCUT2D eigenvalue weighted by Crippen LogP contribution is 2.23. The minimum absolute atomic E-state index is 0.0558. The molecule has 0 spiro atoms. The van der Waals surface area contributed by atoms with Gasteiger partial charge in [0.05, 0.1) is 0 Å². The van der Waals surface area contributed by atoms with E-state index in [2.05, 4.69) is 15.6 Å². The van der Waals surface area contributed by atoms with Gasteiger partial charge in [-0.3, -0.25) is 4.79 Å². The van der Waals surface area contributed by atoms with E-state index in [9.17, 15) is 4.79 Å². The molecular formula is C8H14N4O2S. The fourth-order valence-electron chi connectivity index (χ4n) is 0.963. The number of nitrogens with zero attached hydrogens (tertiary/aromatic N) is 1. The maximum absolute atomic E-state index is 11.5. The molecule has 1 aromatic rings. The first-order valence-electron chi connectivity index (χ1n) is 4.52. The summed E-state index contributed by atoms with van der Waals surface area (Å²) < 4.78 is 0. The molecule has 0 fully saturated rings. The predicted molar refractivity (Wildman–Crippen MR) is 60.1 cm³/mol. The quantitative estimate of drug-likeness (QED) is 0.528. The number of carbonyl (C=O) groups is 1. The van der Waals surface area contributed by atoms with Gasteiger partial charge >= 0.3 is 0 Å². The highest BCUT2D eigenvalue weighted by molar-refractivity contribution is 7.18. The molecule has 0 aliphatic rings. The molecule has 1 rings (SSSR count). The molecule has 84 valence electrons. The van der Waals surface area contributed by atoms with E-state index < -0.39 is 0 Å². The van der Waals surface area contributed by atoms with Gasteiger partial charge < -0.3 is 21.5 Å². The second kappa shape index (κ2) is 5.52. The molecule has 1 aromatic heterocycles.